The third kappa shape index (κ3) is 2.75. The van der Waals surface area contributed by atoms with Crippen molar-refractivity contribution in [3.05, 3.63) is 17.0 Å². The van der Waals surface area contributed by atoms with Crippen molar-refractivity contribution in [3.8, 4) is 0 Å². The lowest BCUT2D eigenvalue weighted by molar-refractivity contribution is 0.681. The van der Waals surface area contributed by atoms with Crippen LogP contribution >= 0.6 is 23.4 Å². The Hall–Kier alpha value is -0.480. The van der Waals surface area contributed by atoms with Crippen molar-refractivity contribution in [2.75, 3.05) is 16.8 Å². The van der Waals surface area contributed by atoms with Gasteiger partial charge in [-0.15, -0.1) is 0 Å². The van der Waals surface area contributed by atoms with E-state index in [0.717, 1.165) is 17.1 Å². The standard InChI is InChI=1S/C10H14ClN3S/c1-7-9(11)12-6-13-10(7)14-8-3-2-4-15-5-8/h6,8H,2-5H2,1H3,(H,12,13,14). The molecule has 3 nitrogen and oxygen atoms in total. The second kappa shape index (κ2) is 5.03. The maximum Gasteiger partial charge on any atom is 0.137 e. The molecule has 1 fully saturated rings. The lowest BCUT2D eigenvalue weighted by atomic mass is 10.2. The van der Waals surface area contributed by atoms with Crippen molar-refractivity contribution in [2.45, 2.75) is 25.8 Å². The van der Waals surface area contributed by atoms with Crippen LogP contribution in [0, 0.1) is 6.92 Å². The average Bonchev–Trinajstić information content (AvgIpc) is 2.26. The van der Waals surface area contributed by atoms with Crippen LogP contribution in [-0.4, -0.2) is 27.5 Å². The number of halogens is 1. The molecule has 1 atom stereocenters. The first kappa shape index (κ1) is 11.0. The smallest absolute Gasteiger partial charge is 0.137 e. The first-order chi connectivity index (χ1) is 7.27. The van der Waals surface area contributed by atoms with E-state index in [1.165, 1.54) is 24.9 Å². The highest BCUT2D eigenvalue weighted by Gasteiger charge is 2.15. The van der Waals surface area contributed by atoms with Gasteiger partial charge in [-0.3, -0.25) is 0 Å². The molecular weight excluding hydrogens is 230 g/mol. The summed E-state index contributed by atoms with van der Waals surface area (Å²) in [5.41, 5.74) is 0.940. The summed E-state index contributed by atoms with van der Waals surface area (Å²) < 4.78 is 0. The van der Waals surface area contributed by atoms with Crippen LogP contribution in [0.15, 0.2) is 6.33 Å². The Kier molecular flexibility index (Phi) is 3.70. The van der Waals surface area contributed by atoms with Crippen LogP contribution in [0.3, 0.4) is 0 Å². The van der Waals surface area contributed by atoms with Crippen LogP contribution < -0.4 is 5.32 Å². The van der Waals surface area contributed by atoms with Crippen molar-refractivity contribution in [3.63, 3.8) is 0 Å². The zero-order valence-electron chi connectivity index (χ0n) is 8.66. The summed E-state index contributed by atoms with van der Waals surface area (Å²) in [5, 5.41) is 3.97. The van der Waals surface area contributed by atoms with Gasteiger partial charge in [0.1, 0.15) is 17.3 Å². The second-order valence-corrected chi connectivity index (χ2v) is 5.20. The largest absolute Gasteiger partial charge is 0.366 e. The second-order valence-electron chi connectivity index (χ2n) is 3.70. The van der Waals surface area contributed by atoms with E-state index in [2.05, 4.69) is 15.3 Å². The highest BCUT2D eigenvalue weighted by atomic mass is 35.5. The van der Waals surface area contributed by atoms with Gasteiger partial charge < -0.3 is 5.32 Å². The molecule has 1 aromatic heterocycles. The van der Waals surface area contributed by atoms with Gasteiger partial charge in [0.25, 0.3) is 0 Å². The lowest BCUT2D eigenvalue weighted by Gasteiger charge is -2.23. The summed E-state index contributed by atoms with van der Waals surface area (Å²) >= 11 is 7.93. The monoisotopic (exact) mass is 243 g/mol. The van der Waals surface area contributed by atoms with E-state index in [1.807, 2.05) is 18.7 Å². The van der Waals surface area contributed by atoms with Gasteiger partial charge in [0.15, 0.2) is 0 Å². The number of rotatable bonds is 2. The molecule has 1 aromatic rings. The molecule has 0 radical (unpaired) electrons. The minimum atomic E-state index is 0.522. The van der Waals surface area contributed by atoms with Gasteiger partial charge in [-0.2, -0.15) is 11.8 Å². The molecule has 0 aliphatic carbocycles. The highest BCUT2D eigenvalue weighted by Crippen LogP contribution is 2.23. The maximum absolute atomic E-state index is 5.94. The predicted molar refractivity (Wildman–Crippen MR) is 65.7 cm³/mol. The van der Waals surface area contributed by atoms with E-state index in [0.29, 0.717) is 11.2 Å². The van der Waals surface area contributed by atoms with Gasteiger partial charge in [0.05, 0.1) is 0 Å². The Morgan fingerprint density at radius 1 is 1.53 bits per heavy atom. The molecule has 0 spiro atoms. The Labute approximate surface area is 99.0 Å². The molecular formula is C10H14ClN3S. The number of thioether (sulfide) groups is 1. The van der Waals surface area contributed by atoms with Gasteiger partial charge in [-0.05, 0) is 25.5 Å². The van der Waals surface area contributed by atoms with Gasteiger partial charge in [-0.1, -0.05) is 11.6 Å². The molecule has 1 aliphatic rings. The molecule has 0 bridgehead atoms. The Morgan fingerprint density at radius 3 is 3.13 bits per heavy atom. The Morgan fingerprint density at radius 2 is 2.40 bits per heavy atom. The minimum Gasteiger partial charge on any atom is -0.366 e. The predicted octanol–water partition coefficient (Wildman–Crippen LogP) is 2.75. The van der Waals surface area contributed by atoms with Crippen LogP contribution in [0.2, 0.25) is 5.15 Å². The molecule has 1 aliphatic heterocycles. The van der Waals surface area contributed by atoms with Gasteiger partial charge in [0, 0.05) is 17.4 Å². The van der Waals surface area contributed by atoms with E-state index in [-0.39, 0.29) is 0 Å². The van der Waals surface area contributed by atoms with Crippen molar-refractivity contribution in [1.29, 1.82) is 0 Å². The van der Waals surface area contributed by atoms with Crippen LogP contribution in [0.5, 0.6) is 0 Å². The molecule has 82 valence electrons. The van der Waals surface area contributed by atoms with Crippen molar-refractivity contribution < 1.29 is 0 Å². The number of anilines is 1. The molecule has 0 saturated carbocycles. The van der Waals surface area contributed by atoms with Crippen molar-refractivity contribution in [2.24, 2.45) is 0 Å². The van der Waals surface area contributed by atoms with Gasteiger partial charge in [0.2, 0.25) is 0 Å². The molecule has 2 heterocycles. The summed E-state index contributed by atoms with van der Waals surface area (Å²) in [6.07, 6.45) is 4.00. The summed E-state index contributed by atoms with van der Waals surface area (Å²) in [5.74, 6) is 3.31. The van der Waals surface area contributed by atoms with Crippen LogP contribution in [0.25, 0.3) is 0 Å². The quantitative estimate of drug-likeness (QED) is 0.811. The van der Waals surface area contributed by atoms with Crippen LogP contribution in [0.4, 0.5) is 5.82 Å². The summed E-state index contributed by atoms with van der Waals surface area (Å²) in [6.45, 7) is 1.95. The normalized spacial score (nSPS) is 21.3. The molecule has 5 heteroatoms. The summed E-state index contributed by atoms with van der Waals surface area (Å²) in [6, 6.07) is 0.522. The summed E-state index contributed by atoms with van der Waals surface area (Å²) in [7, 11) is 0. The highest BCUT2D eigenvalue weighted by molar-refractivity contribution is 7.99. The lowest BCUT2D eigenvalue weighted by Crippen LogP contribution is -2.26. The molecule has 1 unspecified atom stereocenters. The molecule has 2 rings (SSSR count). The number of nitrogens with one attached hydrogen (secondary N) is 1. The SMILES string of the molecule is Cc1c(Cl)ncnc1NC1CCCSC1. The first-order valence-electron chi connectivity index (χ1n) is 5.09. The maximum atomic E-state index is 5.94. The molecule has 1 N–H and O–H groups in total. The fourth-order valence-electron chi connectivity index (χ4n) is 1.62. The number of nitrogens with zero attached hydrogens (tertiary/aromatic N) is 2. The Balaban J connectivity index is 2.06. The van der Waals surface area contributed by atoms with E-state index >= 15 is 0 Å². The molecule has 0 amide bonds. The third-order valence-electron chi connectivity index (χ3n) is 2.52. The van der Waals surface area contributed by atoms with Crippen LogP contribution in [0.1, 0.15) is 18.4 Å². The number of hydrogen-bond acceptors (Lipinski definition) is 4. The van der Waals surface area contributed by atoms with E-state index in [9.17, 15) is 0 Å². The van der Waals surface area contributed by atoms with Crippen LogP contribution in [-0.2, 0) is 0 Å². The van der Waals surface area contributed by atoms with E-state index < -0.39 is 0 Å². The fraction of sp³-hybridized carbons (Fsp3) is 0.600. The zero-order valence-corrected chi connectivity index (χ0v) is 10.2. The molecule has 1 saturated heterocycles. The molecule has 15 heavy (non-hydrogen) atoms. The van der Waals surface area contributed by atoms with Crippen molar-refractivity contribution in [1.82, 2.24) is 9.97 Å². The van der Waals surface area contributed by atoms with E-state index in [4.69, 9.17) is 11.6 Å². The summed E-state index contributed by atoms with van der Waals surface area (Å²) in [4.78, 5) is 8.16. The average molecular weight is 244 g/mol. The third-order valence-corrected chi connectivity index (χ3v) is 4.12. The number of aromatic nitrogens is 2. The number of hydrogen-bond donors (Lipinski definition) is 1. The van der Waals surface area contributed by atoms with Crippen molar-refractivity contribution >= 4 is 29.2 Å². The topological polar surface area (TPSA) is 37.8 Å². The van der Waals surface area contributed by atoms with Gasteiger partial charge in [-0.25, -0.2) is 9.97 Å². The fourth-order valence-corrected chi connectivity index (χ4v) is 2.83. The molecule has 0 aromatic carbocycles. The minimum absolute atomic E-state index is 0.522. The zero-order chi connectivity index (χ0) is 10.7. The van der Waals surface area contributed by atoms with E-state index in [1.54, 1.807) is 0 Å². The van der Waals surface area contributed by atoms with Gasteiger partial charge >= 0.3 is 0 Å². The Bertz CT molecular complexity index is 339. The first-order valence-corrected chi connectivity index (χ1v) is 6.62.